The Labute approximate surface area is 119 Å². The molecule has 0 fully saturated rings. The molecule has 2 nitrogen and oxygen atoms in total. The maximum Gasteiger partial charge on any atom is 0.127 e. The molecule has 0 N–H and O–H groups in total. The summed E-state index contributed by atoms with van der Waals surface area (Å²) in [5.41, 5.74) is 1.42. The number of ether oxygens (including phenoxy) is 1. The second-order valence-electron chi connectivity index (χ2n) is 4.26. The Morgan fingerprint density at radius 3 is 2.75 bits per heavy atom. The fraction of sp³-hybridized carbons (Fsp3) is 0.0625. The van der Waals surface area contributed by atoms with E-state index in [1.165, 1.54) is 23.5 Å². The molecule has 0 saturated carbocycles. The average molecular weight is 283 g/mol. The van der Waals surface area contributed by atoms with Gasteiger partial charge in [0, 0.05) is 15.6 Å². The summed E-state index contributed by atoms with van der Waals surface area (Å²) >= 11 is 1.40. The van der Waals surface area contributed by atoms with Crippen molar-refractivity contribution >= 4 is 21.4 Å². The minimum Gasteiger partial charge on any atom is -0.496 e. The minimum absolute atomic E-state index is 0.296. The maximum absolute atomic E-state index is 13.3. The van der Waals surface area contributed by atoms with E-state index in [2.05, 4.69) is 6.07 Å². The van der Waals surface area contributed by atoms with Crippen LogP contribution in [0.1, 0.15) is 5.56 Å². The molecular weight excluding hydrogens is 273 g/mol. The molecule has 0 bridgehead atoms. The van der Waals surface area contributed by atoms with Crippen LogP contribution in [0.3, 0.4) is 0 Å². The first kappa shape index (κ1) is 12.6. The lowest BCUT2D eigenvalue weighted by atomic mass is 10.1. The third-order valence-corrected chi connectivity index (χ3v) is 4.30. The van der Waals surface area contributed by atoms with E-state index in [1.807, 2.05) is 24.3 Å². The molecule has 20 heavy (non-hydrogen) atoms. The van der Waals surface area contributed by atoms with E-state index in [-0.39, 0.29) is 5.82 Å². The molecule has 2 aromatic carbocycles. The average Bonchev–Trinajstić information content (AvgIpc) is 2.84. The summed E-state index contributed by atoms with van der Waals surface area (Å²) in [6, 6.07) is 14.2. The number of rotatable bonds is 2. The summed E-state index contributed by atoms with van der Waals surface area (Å²) in [7, 11) is 1.60. The Balaban J connectivity index is 2.34. The van der Waals surface area contributed by atoms with Crippen molar-refractivity contribution in [2.24, 2.45) is 0 Å². The molecule has 3 aromatic rings. The van der Waals surface area contributed by atoms with E-state index in [4.69, 9.17) is 4.74 Å². The van der Waals surface area contributed by atoms with Crippen molar-refractivity contribution in [3.8, 4) is 22.3 Å². The van der Waals surface area contributed by atoms with Crippen LogP contribution in [-0.2, 0) is 0 Å². The highest BCUT2D eigenvalue weighted by atomic mass is 32.1. The van der Waals surface area contributed by atoms with Gasteiger partial charge < -0.3 is 4.74 Å². The van der Waals surface area contributed by atoms with E-state index in [0.29, 0.717) is 11.3 Å². The first-order chi connectivity index (χ1) is 9.74. The Morgan fingerprint density at radius 2 is 2.00 bits per heavy atom. The van der Waals surface area contributed by atoms with Gasteiger partial charge in [0.15, 0.2) is 0 Å². The van der Waals surface area contributed by atoms with Crippen LogP contribution in [0, 0.1) is 17.1 Å². The van der Waals surface area contributed by atoms with E-state index < -0.39 is 0 Å². The summed E-state index contributed by atoms with van der Waals surface area (Å²) in [5, 5.41) is 10.2. The number of nitrogens with zero attached hydrogens (tertiary/aromatic N) is 1. The fourth-order valence-corrected chi connectivity index (χ4v) is 3.41. The molecule has 0 amide bonds. The van der Waals surface area contributed by atoms with Gasteiger partial charge >= 0.3 is 0 Å². The van der Waals surface area contributed by atoms with Crippen molar-refractivity contribution in [1.29, 1.82) is 5.26 Å². The van der Waals surface area contributed by atoms with Gasteiger partial charge in [-0.3, -0.25) is 0 Å². The summed E-state index contributed by atoms with van der Waals surface area (Å²) in [4.78, 5) is 0.811. The monoisotopic (exact) mass is 283 g/mol. The molecule has 4 heteroatoms. The molecule has 0 aliphatic rings. The fourth-order valence-electron chi connectivity index (χ4n) is 2.20. The van der Waals surface area contributed by atoms with E-state index in [9.17, 15) is 9.65 Å². The molecule has 0 unspecified atom stereocenters. The van der Waals surface area contributed by atoms with Gasteiger partial charge in [0.05, 0.1) is 17.6 Å². The number of thiophene rings is 1. The smallest absolute Gasteiger partial charge is 0.127 e. The number of nitriles is 1. The standard InChI is InChI=1S/C16H10FNOS/c1-19-14-5-3-2-4-12(14)16-13(9-18)11-7-6-10(17)8-15(11)20-16/h2-8H,1H3. The van der Waals surface area contributed by atoms with Crippen LogP contribution in [0.2, 0.25) is 0 Å². The third kappa shape index (κ3) is 1.93. The summed E-state index contributed by atoms with van der Waals surface area (Å²) in [5.74, 6) is 0.408. The van der Waals surface area contributed by atoms with E-state index in [0.717, 1.165) is 20.5 Å². The van der Waals surface area contributed by atoms with Gasteiger partial charge in [0.2, 0.25) is 0 Å². The van der Waals surface area contributed by atoms with Crippen molar-refractivity contribution < 1.29 is 9.13 Å². The molecule has 1 aromatic heterocycles. The van der Waals surface area contributed by atoms with Crippen LogP contribution in [0.25, 0.3) is 20.5 Å². The molecule has 0 aliphatic carbocycles. The van der Waals surface area contributed by atoms with E-state index >= 15 is 0 Å². The Morgan fingerprint density at radius 1 is 1.20 bits per heavy atom. The molecular formula is C16H10FNOS. The van der Waals surface area contributed by atoms with Crippen LogP contribution < -0.4 is 4.74 Å². The second-order valence-corrected chi connectivity index (χ2v) is 5.31. The summed E-state index contributed by atoms with van der Waals surface area (Å²) in [6.45, 7) is 0. The molecule has 0 radical (unpaired) electrons. The van der Waals surface area contributed by atoms with E-state index in [1.54, 1.807) is 13.2 Å². The zero-order valence-electron chi connectivity index (χ0n) is 10.7. The van der Waals surface area contributed by atoms with Crippen LogP contribution in [0.15, 0.2) is 42.5 Å². The van der Waals surface area contributed by atoms with Crippen molar-refractivity contribution in [3.05, 3.63) is 53.8 Å². The lowest BCUT2D eigenvalue weighted by Gasteiger charge is -2.06. The number of halogens is 1. The zero-order valence-corrected chi connectivity index (χ0v) is 11.5. The first-order valence-corrected chi connectivity index (χ1v) is 6.82. The number of fused-ring (bicyclic) bond motifs is 1. The second kappa shape index (κ2) is 4.95. The van der Waals surface area contributed by atoms with Gasteiger partial charge in [-0.15, -0.1) is 11.3 Å². The lowest BCUT2D eigenvalue weighted by molar-refractivity contribution is 0.416. The highest BCUT2D eigenvalue weighted by Gasteiger charge is 2.16. The largest absolute Gasteiger partial charge is 0.496 e. The molecule has 0 spiro atoms. The Kier molecular flexibility index (Phi) is 3.13. The topological polar surface area (TPSA) is 33.0 Å². The molecule has 0 aliphatic heterocycles. The molecule has 0 saturated heterocycles. The third-order valence-electron chi connectivity index (χ3n) is 3.12. The molecule has 3 rings (SSSR count). The SMILES string of the molecule is COc1ccccc1-c1sc2cc(F)ccc2c1C#N. The first-order valence-electron chi connectivity index (χ1n) is 6.00. The normalized spacial score (nSPS) is 10.4. The highest BCUT2D eigenvalue weighted by molar-refractivity contribution is 7.22. The van der Waals surface area contributed by atoms with Gasteiger partial charge in [-0.05, 0) is 30.3 Å². The Hall–Kier alpha value is -2.38. The van der Waals surface area contributed by atoms with Crippen LogP contribution in [0.5, 0.6) is 5.75 Å². The quantitative estimate of drug-likeness (QED) is 0.689. The molecule has 98 valence electrons. The van der Waals surface area contributed by atoms with Crippen molar-refractivity contribution in [3.63, 3.8) is 0 Å². The molecule has 0 atom stereocenters. The summed E-state index contributed by atoms with van der Waals surface area (Å²) in [6.07, 6.45) is 0. The van der Waals surface area contributed by atoms with Crippen LogP contribution in [-0.4, -0.2) is 7.11 Å². The predicted octanol–water partition coefficient (Wildman–Crippen LogP) is 4.59. The number of hydrogen-bond acceptors (Lipinski definition) is 3. The lowest BCUT2D eigenvalue weighted by Crippen LogP contribution is -1.87. The maximum atomic E-state index is 13.3. The predicted molar refractivity (Wildman–Crippen MR) is 78.5 cm³/mol. The van der Waals surface area contributed by atoms with Gasteiger partial charge in [-0.2, -0.15) is 5.26 Å². The van der Waals surface area contributed by atoms with Gasteiger partial charge in [0.1, 0.15) is 17.6 Å². The number of benzene rings is 2. The van der Waals surface area contributed by atoms with Crippen molar-refractivity contribution in [1.82, 2.24) is 0 Å². The highest BCUT2D eigenvalue weighted by Crippen LogP contribution is 2.41. The Bertz CT molecular complexity index is 832. The van der Waals surface area contributed by atoms with Crippen LogP contribution in [0.4, 0.5) is 4.39 Å². The minimum atomic E-state index is -0.296. The van der Waals surface area contributed by atoms with Crippen molar-refractivity contribution in [2.45, 2.75) is 0 Å². The van der Waals surface area contributed by atoms with Crippen molar-refractivity contribution in [2.75, 3.05) is 7.11 Å². The number of para-hydroxylation sites is 1. The van der Waals surface area contributed by atoms with Crippen LogP contribution >= 0.6 is 11.3 Å². The summed E-state index contributed by atoms with van der Waals surface area (Å²) < 4.78 is 19.4. The number of methoxy groups -OCH3 is 1. The zero-order chi connectivity index (χ0) is 14.1. The van der Waals surface area contributed by atoms with Gasteiger partial charge in [-0.1, -0.05) is 12.1 Å². The van der Waals surface area contributed by atoms with Gasteiger partial charge in [-0.25, -0.2) is 4.39 Å². The van der Waals surface area contributed by atoms with Gasteiger partial charge in [0.25, 0.3) is 0 Å². The molecule has 1 heterocycles. The number of hydrogen-bond donors (Lipinski definition) is 0.